The molecule has 0 saturated carbocycles. The summed E-state index contributed by atoms with van der Waals surface area (Å²) in [6.45, 7) is 7.95. The number of anilines is 2. The lowest BCUT2D eigenvalue weighted by atomic mass is 10.0. The molecule has 1 atom stereocenters. The Morgan fingerprint density at radius 1 is 1.29 bits per heavy atom. The number of nitrogens with zero attached hydrogens (tertiary/aromatic N) is 2. The number of carbonyl (C=O) groups excluding carboxylic acids is 1. The predicted molar refractivity (Wildman–Crippen MR) is 84.6 cm³/mol. The van der Waals surface area contributed by atoms with E-state index in [0.717, 1.165) is 30.0 Å². The number of nitrogens with one attached hydrogen (secondary N) is 2. The van der Waals surface area contributed by atoms with E-state index < -0.39 is 6.04 Å². The predicted octanol–water partition coefficient (Wildman–Crippen LogP) is 2.39. The fourth-order valence-corrected chi connectivity index (χ4v) is 2.05. The SMILES string of the molecule is CCCc1nc(NC)c(C)c(NC(C(=O)OC)C(C)C)n1. The zero-order valence-corrected chi connectivity index (χ0v) is 13.8. The lowest BCUT2D eigenvalue weighted by molar-refractivity contribution is -0.142. The third-order valence-corrected chi connectivity index (χ3v) is 3.32. The van der Waals surface area contributed by atoms with E-state index >= 15 is 0 Å². The van der Waals surface area contributed by atoms with Crippen LogP contribution in [0, 0.1) is 12.8 Å². The summed E-state index contributed by atoms with van der Waals surface area (Å²) in [7, 11) is 3.23. The second-order valence-electron chi connectivity index (χ2n) is 5.35. The van der Waals surface area contributed by atoms with Crippen LogP contribution in [-0.2, 0) is 16.0 Å². The first-order valence-corrected chi connectivity index (χ1v) is 7.34. The molecule has 0 fully saturated rings. The summed E-state index contributed by atoms with van der Waals surface area (Å²) >= 11 is 0. The van der Waals surface area contributed by atoms with E-state index in [1.54, 1.807) is 0 Å². The molecule has 0 aliphatic heterocycles. The molecule has 1 rings (SSSR count). The Labute approximate surface area is 126 Å². The van der Waals surface area contributed by atoms with Gasteiger partial charge in [0.05, 0.1) is 7.11 Å². The third kappa shape index (κ3) is 4.31. The minimum atomic E-state index is -0.428. The minimum absolute atomic E-state index is 0.0967. The van der Waals surface area contributed by atoms with Crippen LogP contribution < -0.4 is 10.6 Å². The lowest BCUT2D eigenvalue weighted by Gasteiger charge is -2.22. The standard InChI is InChI=1S/C15H26N4O2/c1-7-8-11-17-13(16-5)10(4)14(18-11)19-12(9(2)3)15(20)21-6/h9,12H,7-8H2,1-6H3,(H2,16,17,18,19). The highest BCUT2D eigenvalue weighted by molar-refractivity contribution is 5.79. The van der Waals surface area contributed by atoms with Crippen LogP contribution in [0.15, 0.2) is 0 Å². The zero-order chi connectivity index (χ0) is 16.0. The van der Waals surface area contributed by atoms with Gasteiger partial charge in [0.15, 0.2) is 0 Å². The maximum absolute atomic E-state index is 11.9. The van der Waals surface area contributed by atoms with Crippen molar-refractivity contribution in [2.45, 2.75) is 46.6 Å². The van der Waals surface area contributed by atoms with Crippen molar-refractivity contribution in [1.29, 1.82) is 0 Å². The first-order chi connectivity index (χ1) is 9.94. The number of hydrogen-bond acceptors (Lipinski definition) is 6. The van der Waals surface area contributed by atoms with Gasteiger partial charge in [0.1, 0.15) is 23.5 Å². The Morgan fingerprint density at radius 3 is 2.38 bits per heavy atom. The summed E-state index contributed by atoms with van der Waals surface area (Å²) in [4.78, 5) is 20.9. The Hall–Kier alpha value is -1.85. The largest absolute Gasteiger partial charge is 0.467 e. The van der Waals surface area contributed by atoms with Gasteiger partial charge in [-0.2, -0.15) is 0 Å². The number of methoxy groups -OCH3 is 1. The second-order valence-corrected chi connectivity index (χ2v) is 5.35. The average Bonchev–Trinajstić information content (AvgIpc) is 2.46. The maximum Gasteiger partial charge on any atom is 0.328 e. The Balaban J connectivity index is 3.15. The van der Waals surface area contributed by atoms with Gasteiger partial charge in [0, 0.05) is 19.0 Å². The van der Waals surface area contributed by atoms with Crippen molar-refractivity contribution < 1.29 is 9.53 Å². The van der Waals surface area contributed by atoms with Crippen molar-refractivity contribution in [2.24, 2.45) is 5.92 Å². The first kappa shape index (κ1) is 17.2. The molecule has 1 aromatic rings. The van der Waals surface area contributed by atoms with Crippen LogP contribution in [-0.4, -0.2) is 36.1 Å². The van der Waals surface area contributed by atoms with E-state index in [-0.39, 0.29) is 11.9 Å². The van der Waals surface area contributed by atoms with Crippen LogP contribution in [0.25, 0.3) is 0 Å². The summed E-state index contributed by atoms with van der Waals surface area (Å²) in [5.74, 6) is 2.04. The maximum atomic E-state index is 11.9. The molecule has 118 valence electrons. The van der Waals surface area contributed by atoms with Crippen molar-refractivity contribution in [3.05, 3.63) is 11.4 Å². The summed E-state index contributed by atoms with van der Waals surface area (Å²) in [5, 5.41) is 6.28. The molecule has 0 aliphatic rings. The summed E-state index contributed by atoms with van der Waals surface area (Å²) in [6.07, 6.45) is 1.77. The van der Waals surface area contributed by atoms with Gasteiger partial charge in [-0.05, 0) is 19.3 Å². The van der Waals surface area contributed by atoms with E-state index in [4.69, 9.17) is 4.74 Å². The van der Waals surface area contributed by atoms with Crippen molar-refractivity contribution in [3.8, 4) is 0 Å². The van der Waals surface area contributed by atoms with Crippen LogP contribution in [0.3, 0.4) is 0 Å². The van der Waals surface area contributed by atoms with Crippen LogP contribution in [0.4, 0.5) is 11.6 Å². The van der Waals surface area contributed by atoms with Gasteiger partial charge in [0.25, 0.3) is 0 Å². The van der Waals surface area contributed by atoms with Gasteiger partial charge in [0.2, 0.25) is 0 Å². The van der Waals surface area contributed by atoms with E-state index in [9.17, 15) is 4.79 Å². The second kappa shape index (κ2) is 7.81. The average molecular weight is 294 g/mol. The van der Waals surface area contributed by atoms with Crippen molar-refractivity contribution in [1.82, 2.24) is 9.97 Å². The van der Waals surface area contributed by atoms with Crippen molar-refractivity contribution in [2.75, 3.05) is 24.8 Å². The molecule has 1 unspecified atom stereocenters. The molecule has 21 heavy (non-hydrogen) atoms. The van der Waals surface area contributed by atoms with Crippen LogP contribution in [0.5, 0.6) is 0 Å². The quantitative estimate of drug-likeness (QED) is 0.752. The molecular weight excluding hydrogens is 268 g/mol. The number of carbonyl (C=O) groups is 1. The molecule has 0 amide bonds. The monoisotopic (exact) mass is 294 g/mol. The molecule has 0 saturated heterocycles. The minimum Gasteiger partial charge on any atom is -0.467 e. The van der Waals surface area contributed by atoms with Crippen LogP contribution in [0.1, 0.15) is 38.6 Å². The van der Waals surface area contributed by atoms with Crippen molar-refractivity contribution >= 4 is 17.6 Å². The van der Waals surface area contributed by atoms with Crippen molar-refractivity contribution in [3.63, 3.8) is 0 Å². The first-order valence-electron chi connectivity index (χ1n) is 7.34. The molecule has 0 aromatic carbocycles. The molecule has 2 N–H and O–H groups in total. The number of hydrogen-bond donors (Lipinski definition) is 2. The fraction of sp³-hybridized carbons (Fsp3) is 0.667. The van der Waals surface area contributed by atoms with E-state index in [1.807, 2.05) is 27.8 Å². The van der Waals surface area contributed by atoms with Gasteiger partial charge in [-0.15, -0.1) is 0 Å². The highest BCUT2D eigenvalue weighted by Crippen LogP contribution is 2.22. The lowest BCUT2D eigenvalue weighted by Crippen LogP contribution is -2.36. The molecule has 0 bridgehead atoms. The normalized spacial score (nSPS) is 12.1. The number of rotatable bonds is 7. The molecular formula is C15H26N4O2. The van der Waals surface area contributed by atoms with E-state index in [2.05, 4.69) is 27.5 Å². The summed E-state index contributed by atoms with van der Waals surface area (Å²) in [5.41, 5.74) is 0.895. The fourth-order valence-electron chi connectivity index (χ4n) is 2.05. The Kier molecular flexibility index (Phi) is 6.39. The number of aryl methyl sites for hydroxylation is 1. The zero-order valence-electron chi connectivity index (χ0n) is 13.8. The van der Waals surface area contributed by atoms with Gasteiger partial charge in [-0.1, -0.05) is 20.8 Å². The molecule has 6 nitrogen and oxygen atoms in total. The molecule has 6 heteroatoms. The third-order valence-electron chi connectivity index (χ3n) is 3.32. The van der Waals surface area contributed by atoms with E-state index in [0.29, 0.717) is 5.82 Å². The molecule has 0 spiro atoms. The van der Waals surface area contributed by atoms with Gasteiger partial charge < -0.3 is 15.4 Å². The molecule has 1 aromatic heterocycles. The number of aromatic nitrogens is 2. The molecule has 0 radical (unpaired) electrons. The molecule has 0 aliphatic carbocycles. The smallest absolute Gasteiger partial charge is 0.328 e. The van der Waals surface area contributed by atoms with Gasteiger partial charge in [-0.3, -0.25) is 0 Å². The molecule has 1 heterocycles. The van der Waals surface area contributed by atoms with Crippen LogP contribution in [0.2, 0.25) is 0 Å². The summed E-state index contributed by atoms with van der Waals surface area (Å²) in [6, 6.07) is -0.428. The van der Waals surface area contributed by atoms with E-state index in [1.165, 1.54) is 7.11 Å². The van der Waals surface area contributed by atoms with Gasteiger partial charge >= 0.3 is 5.97 Å². The van der Waals surface area contributed by atoms with Gasteiger partial charge in [-0.25, -0.2) is 14.8 Å². The number of esters is 1. The topological polar surface area (TPSA) is 76.1 Å². The summed E-state index contributed by atoms with van der Waals surface area (Å²) < 4.78 is 4.86. The van der Waals surface area contributed by atoms with Crippen LogP contribution >= 0.6 is 0 Å². The number of ether oxygens (including phenoxy) is 1. The Morgan fingerprint density at radius 2 is 1.90 bits per heavy atom. The highest BCUT2D eigenvalue weighted by atomic mass is 16.5. The highest BCUT2D eigenvalue weighted by Gasteiger charge is 2.24. The Bertz CT molecular complexity index is 489.